The highest BCUT2D eigenvalue weighted by molar-refractivity contribution is 5.86. The predicted molar refractivity (Wildman–Crippen MR) is 94.3 cm³/mol. The minimum atomic E-state index is -1.04. The van der Waals surface area contributed by atoms with Crippen molar-refractivity contribution in [1.82, 2.24) is 19.6 Å². The van der Waals surface area contributed by atoms with Crippen molar-refractivity contribution in [2.24, 2.45) is 0 Å². The molecule has 0 aliphatic rings. The monoisotopic (exact) mass is 351 g/mol. The van der Waals surface area contributed by atoms with E-state index < -0.39 is 5.97 Å². The number of fused-ring (bicyclic) bond motifs is 1. The Kier molecular flexibility index (Phi) is 4.84. The molecule has 8 heteroatoms. The molecule has 0 aliphatic carbocycles. The molecule has 0 bridgehead atoms. The maximum Gasteiger partial charge on any atom is 0.338 e. The van der Waals surface area contributed by atoms with E-state index in [4.69, 9.17) is 10.9 Å². The Hall–Kier alpha value is -3.81. The van der Waals surface area contributed by atoms with Crippen molar-refractivity contribution >= 4 is 16.9 Å². The number of halogens is 1. The molecule has 1 aromatic carbocycles. The number of hydrogen-bond acceptors (Lipinski definition) is 5. The second-order valence-corrected chi connectivity index (χ2v) is 5.21. The van der Waals surface area contributed by atoms with Crippen LogP contribution in [0.4, 0.5) is 4.39 Å². The zero-order chi connectivity index (χ0) is 18.5. The molecule has 3 N–H and O–H groups in total. The van der Waals surface area contributed by atoms with Crippen LogP contribution < -0.4 is 5.84 Å². The molecule has 0 spiro atoms. The Morgan fingerprint density at radius 2 is 1.81 bits per heavy atom. The molecule has 0 amide bonds. The third-order valence-corrected chi connectivity index (χ3v) is 3.50. The molecule has 0 aliphatic heterocycles. The van der Waals surface area contributed by atoms with Gasteiger partial charge in [0.15, 0.2) is 5.82 Å². The Labute approximate surface area is 147 Å². The van der Waals surface area contributed by atoms with Gasteiger partial charge in [-0.1, -0.05) is 12.1 Å². The Morgan fingerprint density at radius 3 is 2.42 bits per heavy atom. The number of nitrogen functional groups attached to an aromatic ring is 1. The molecular formula is C18H14FN5O2. The largest absolute Gasteiger partial charge is 0.478 e. The number of aromatic nitrogens is 4. The van der Waals surface area contributed by atoms with Crippen LogP contribution in [0.25, 0.3) is 22.4 Å². The summed E-state index contributed by atoms with van der Waals surface area (Å²) in [5.41, 5.74) is 1.40. The zero-order valence-corrected chi connectivity index (χ0v) is 13.5. The van der Waals surface area contributed by atoms with Crippen LogP contribution >= 0.6 is 0 Å². The van der Waals surface area contributed by atoms with E-state index in [-0.39, 0.29) is 11.4 Å². The third-order valence-electron chi connectivity index (χ3n) is 3.50. The van der Waals surface area contributed by atoms with Crippen molar-refractivity contribution < 1.29 is 14.3 Å². The molecule has 0 fully saturated rings. The molecule has 3 heterocycles. The highest BCUT2D eigenvalue weighted by Crippen LogP contribution is 2.16. The molecule has 0 saturated carbocycles. The number of aromatic carboxylic acids is 1. The smallest absolute Gasteiger partial charge is 0.338 e. The van der Waals surface area contributed by atoms with Gasteiger partial charge in [0.1, 0.15) is 11.5 Å². The molecule has 4 aromatic rings. The minimum absolute atomic E-state index is 0.0645. The van der Waals surface area contributed by atoms with Gasteiger partial charge in [0, 0.05) is 30.2 Å². The SMILES string of the molecule is Nn1ccc2c(F)cccc21.O=C(O)c1cnc(-c2ccccn2)nc1. The van der Waals surface area contributed by atoms with Crippen LogP contribution in [0.15, 0.2) is 67.3 Å². The number of rotatable bonds is 2. The summed E-state index contributed by atoms with van der Waals surface area (Å²) in [7, 11) is 0. The number of benzene rings is 1. The van der Waals surface area contributed by atoms with Crippen molar-refractivity contribution in [2.75, 3.05) is 5.84 Å². The quantitative estimate of drug-likeness (QED) is 0.538. The van der Waals surface area contributed by atoms with Crippen molar-refractivity contribution in [3.05, 3.63) is 78.6 Å². The van der Waals surface area contributed by atoms with E-state index in [2.05, 4.69) is 15.0 Å². The fourth-order valence-corrected chi connectivity index (χ4v) is 2.22. The molecule has 3 aromatic heterocycles. The van der Waals surface area contributed by atoms with Crippen LogP contribution in [0.2, 0.25) is 0 Å². The average molecular weight is 351 g/mol. The van der Waals surface area contributed by atoms with Gasteiger partial charge in [0.05, 0.1) is 11.1 Å². The van der Waals surface area contributed by atoms with Crippen LogP contribution in [-0.2, 0) is 0 Å². The summed E-state index contributed by atoms with van der Waals surface area (Å²) in [5.74, 6) is 4.64. The number of nitrogens with two attached hydrogens (primary N) is 1. The lowest BCUT2D eigenvalue weighted by molar-refractivity contribution is 0.0696. The Morgan fingerprint density at radius 1 is 1.04 bits per heavy atom. The van der Waals surface area contributed by atoms with E-state index in [0.29, 0.717) is 22.4 Å². The second-order valence-electron chi connectivity index (χ2n) is 5.21. The van der Waals surface area contributed by atoms with E-state index >= 15 is 0 Å². The first-order valence-corrected chi connectivity index (χ1v) is 7.53. The van der Waals surface area contributed by atoms with Gasteiger partial charge in [-0.2, -0.15) is 0 Å². The van der Waals surface area contributed by atoms with E-state index in [1.54, 1.807) is 42.7 Å². The molecule has 4 rings (SSSR count). The van der Waals surface area contributed by atoms with Crippen molar-refractivity contribution in [3.8, 4) is 11.5 Å². The lowest BCUT2D eigenvalue weighted by atomic mass is 10.2. The van der Waals surface area contributed by atoms with Crippen LogP contribution in [0, 0.1) is 5.82 Å². The van der Waals surface area contributed by atoms with Gasteiger partial charge in [0.25, 0.3) is 0 Å². The van der Waals surface area contributed by atoms with E-state index in [1.807, 2.05) is 6.07 Å². The van der Waals surface area contributed by atoms with Gasteiger partial charge in [0.2, 0.25) is 0 Å². The van der Waals surface area contributed by atoms with E-state index in [9.17, 15) is 9.18 Å². The minimum Gasteiger partial charge on any atom is -0.478 e. The summed E-state index contributed by atoms with van der Waals surface area (Å²) in [6.07, 6.45) is 5.79. The first-order valence-electron chi connectivity index (χ1n) is 7.53. The Bertz CT molecular complexity index is 1030. The molecule has 130 valence electrons. The summed E-state index contributed by atoms with van der Waals surface area (Å²) >= 11 is 0. The molecule has 0 radical (unpaired) electrons. The molecule has 26 heavy (non-hydrogen) atoms. The van der Waals surface area contributed by atoms with Crippen molar-refractivity contribution in [2.45, 2.75) is 0 Å². The molecule has 7 nitrogen and oxygen atoms in total. The predicted octanol–water partition coefficient (Wildman–Crippen LogP) is 2.73. The van der Waals surface area contributed by atoms with Crippen molar-refractivity contribution in [3.63, 3.8) is 0 Å². The lowest BCUT2D eigenvalue weighted by Gasteiger charge is -1.98. The maximum absolute atomic E-state index is 12.9. The number of carbonyl (C=O) groups is 1. The third kappa shape index (κ3) is 3.64. The van der Waals surface area contributed by atoms with Gasteiger partial charge in [-0.15, -0.1) is 0 Å². The van der Waals surface area contributed by atoms with Crippen LogP contribution in [0.5, 0.6) is 0 Å². The van der Waals surface area contributed by atoms with E-state index in [1.165, 1.54) is 23.1 Å². The summed E-state index contributed by atoms with van der Waals surface area (Å²) < 4.78 is 14.3. The summed E-state index contributed by atoms with van der Waals surface area (Å²) in [6.45, 7) is 0. The topological polar surface area (TPSA) is 107 Å². The number of pyridine rings is 1. The number of nitrogens with zero attached hydrogens (tertiary/aromatic N) is 4. The number of carboxylic acids is 1. The average Bonchev–Trinajstić information content (AvgIpc) is 3.06. The summed E-state index contributed by atoms with van der Waals surface area (Å²) in [6, 6.07) is 11.9. The van der Waals surface area contributed by atoms with Crippen LogP contribution in [-0.4, -0.2) is 30.7 Å². The van der Waals surface area contributed by atoms with Crippen LogP contribution in [0.1, 0.15) is 10.4 Å². The fraction of sp³-hybridized carbons (Fsp3) is 0. The van der Waals surface area contributed by atoms with Gasteiger partial charge >= 0.3 is 5.97 Å². The molecule has 0 unspecified atom stereocenters. The molecule has 0 saturated heterocycles. The van der Waals surface area contributed by atoms with Crippen LogP contribution in [0.3, 0.4) is 0 Å². The summed E-state index contributed by atoms with van der Waals surface area (Å²) in [4.78, 5) is 22.4. The zero-order valence-electron chi connectivity index (χ0n) is 13.5. The normalized spacial score (nSPS) is 10.2. The first kappa shape index (κ1) is 17.0. The van der Waals surface area contributed by atoms with Crippen molar-refractivity contribution in [1.29, 1.82) is 0 Å². The summed E-state index contributed by atoms with van der Waals surface area (Å²) in [5, 5.41) is 9.22. The van der Waals surface area contributed by atoms with Gasteiger partial charge in [-0.3, -0.25) is 9.66 Å². The Balaban J connectivity index is 0.000000158. The molecular weight excluding hydrogens is 337 g/mol. The highest BCUT2D eigenvalue weighted by atomic mass is 19.1. The van der Waals surface area contributed by atoms with Gasteiger partial charge < -0.3 is 10.9 Å². The maximum atomic E-state index is 12.9. The van der Waals surface area contributed by atoms with Gasteiger partial charge in [-0.05, 0) is 30.3 Å². The standard InChI is InChI=1S/C10H7N3O2.C8H7FN2/c14-10(15)7-5-12-9(13-6-7)8-3-1-2-4-11-8;9-7-2-1-3-8-6(7)4-5-11(8)10/h1-6H,(H,14,15);1-5H,10H2. The van der Waals surface area contributed by atoms with E-state index in [0.717, 1.165) is 0 Å². The number of hydrogen-bond donors (Lipinski definition) is 2. The fourth-order valence-electron chi connectivity index (χ4n) is 2.22. The highest BCUT2D eigenvalue weighted by Gasteiger charge is 2.05. The lowest BCUT2D eigenvalue weighted by Crippen LogP contribution is -2.04. The number of carboxylic acid groups (broad SMARTS) is 1. The first-order chi connectivity index (χ1) is 12.6. The van der Waals surface area contributed by atoms with Gasteiger partial charge in [-0.25, -0.2) is 19.2 Å². The second kappa shape index (κ2) is 7.39. The molecule has 0 atom stereocenters.